The van der Waals surface area contributed by atoms with Crippen molar-refractivity contribution in [2.75, 3.05) is 6.54 Å². The average molecular weight is 356 g/mol. The van der Waals surface area contributed by atoms with Gasteiger partial charge in [0.15, 0.2) is 0 Å². The third-order valence-corrected chi connectivity index (χ3v) is 3.64. The Kier molecular flexibility index (Phi) is 5.49. The molecule has 0 saturated carbocycles. The fourth-order valence-electron chi connectivity index (χ4n) is 1.87. The van der Waals surface area contributed by atoms with Gasteiger partial charge in [-0.05, 0) is 12.1 Å². The number of pyridine rings is 1. The van der Waals surface area contributed by atoms with Crippen LogP contribution in [0.1, 0.15) is 22.2 Å². The van der Waals surface area contributed by atoms with Crippen molar-refractivity contribution < 1.29 is 14.8 Å². The number of amides is 1. The fraction of sp³-hybridized carbons (Fsp3) is 0.143. The van der Waals surface area contributed by atoms with Crippen LogP contribution in [0.25, 0.3) is 0 Å². The zero-order valence-corrected chi connectivity index (χ0v) is 13.1. The minimum absolute atomic E-state index is 0.128. The van der Waals surface area contributed by atoms with Gasteiger partial charge in [-0.1, -0.05) is 29.3 Å². The Morgan fingerprint density at radius 1 is 1.35 bits per heavy atom. The Balaban J connectivity index is 2.07. The topological polar surface area (TPSA) is 105 Å². The van der Waals surface area contributed by atoms with E-state index in [-0.39, 0.29) is 28.0 Å². The monoisotopic (exact) mass is 355 g/mol. The lowest BCUT2D eigenvalue weighted by atomic mass is 10.1. The van der Waals surface area contributed by atoms with Crippen molar-refractivity contribution in [2.45, 2.75) is 6.10 Å². The van der Waals surface area contributed by atoms with Gasteiger partial charge in [0.1, 0.15) is 5.69 Å². The molecule has 2 aromatic rings. The van der Waals surface area contributed by atoms with Crippen molar-refractivity contribution in [3.8, 4) is 0 Å². The summed E-state index contributed by atoms with van der Waals surface area (Å²) in [6.45, 7) is -0.174. The molecular formula is C14H11Cl2N3O4. The van der Waals surface area contributed by atoms with Crippen molar-refractivity contribution in [3.63, 3.8) is 0 Å². The van der Waals surface area contributed by atoms with Gasteiger partial charge in [0.05, 0.1) is 11.0 Å². The first-order valence-corrected chi connectivity index (χ1v) is 7.16. The lowest BCUT2D eigenvalue weighted by Crippen LogP contribution is -2.29. The van der Waals surface area contributed by atoms with E-state index in [1.54, 1.807) is 18.2 Å². The van der Waals surface area contributed by atoms with Gasteiger partial charge in [-0.15, -0.1) is 0 Å². The normalized spacial score (nSPS) is 11.8. The molecular weight excluding hydrogens is 345 g/mol. The predicted molar refractivity (Wildman–Crippen MR) is 84.6 cm³/mol. The summed E-state index contributed by atoms with van der Waals surface area (Å²) in [6, 6.07) is 6.98. The highest BCUT2D eigenvalue weighted by Gasteiger charge is 2.18. The van der Waals surface area contributed by atoms with Crippen LogP contribution in [0.5, 0.6) is 0 Å². The highest BCUT2D eigenvalue weighted by Crippen LogP contribution is 2.29. The molecule has 0 bridgehead atoms. The SMILES string of the molecule is O=C(NCC(O)c1c(Cl)cccc1Cl)c1cc([N+](=O)[O-])ccn1. The quantitative estimate of drug-likeness (QED) is 0.633. The predicted octanol–water partition coefficient (Wildman–Crippen LogP) is 2.76. The Morgan fingerprint density at radius 3 is 2.61 bits per heavy atom. The molecule has 0 aliphatic rings. The van der Waals surface area contributed by atoms with Crippen molar-refractivity contribution in [1.82, 2.24) is 10.3 Å². The highest BCUT2D eigenvalue weighted by molar-refractivity contribution is 6.36. The lowest BCUT2D eigenvalue weighted by Gasteiger charge is -2.15. The van der Waals surface area contributed by atoms with E-state index in [4.69, 9.17) is 23.2 Å². The summed E-state index contributed by atoms with van der Waals surface area (Å²) in [7, 11) is 0. The van der Waals surface area contributed by atoms with Gasteiger partial charge in [0.2, 0.25) is 0 Å². The Hall–Kier alpha value is -2.22. The van der Waals surface area contributed by atoms with Crippen LogP contribution < -0.4 is 5.32 Å². The van der Waals surface area contributed by atoms with Gasteiger partial charge < -0.3 is 10.4 Å². The Labute approximate surface area is 141 Å². The van der Waals surface area contributed by atoms with Crippen LogP contribution >= 0.6 is 23.2 Å². The maximum Gasteiger partial charge on any atom is 0.273 e. The number of hydrogen-bond acceptors (Lipinski definition) is 5. The van der Waals surface area contributed by atoms with E-state index in [0.717, 1.165) is 12.3 Å². The van der Waals surface area contributed by atoms with E-state index in [1.807, 2.05) is 0 Å². The molecule has 0 fully saturated rings. The van der Waals surface area contributed by atoms with Crippen LogP contribution in [-0.2, 0) is 0 Å². The summed E-state index contributed by atoms with van der Waals surface area (Å²) in [6.07, 6.45) is 0.0351. The van der Waals surface area contributed by atoms with E-state index in [9.17, 15) is 20.0 Å². The molecule has 0 aliphatic carbocycles. The van der Waals surface area contributed by atoms with Gasteiger partial charge in [0.25, 0.3) is 11.6 Å². The molecule has 1 heterocycles. The third kappa shape index (κ3) is 4.16. The molecule has 0 saturated heterocycles. The van der Waals surface area contributed by atoms with E-state index in [1.165, 1.54) is 6.07 Å². The number of nitrogens with one attached hydrogen (secondary N) is 1. The molecule has 1 atom stereocenters. The van der Waals surface area contributed by atoms with Crippen molar-refractivity contribution in [1.29, 1.82) is 0 Å². The van der Waals surface area contributed by atoms with E-state index < -0.39 is 16.9 Å². The number of nitrogens with zero attached hydrogens (tertiary/aromatic N) is 2. The number of aliphatic hydroxyl groups is 1. The van der Waals surface area contributed by atoms with Gasteiger partial charge >= 0.3 is 0 Å². The first-order valence-electron chi connectivity index (χ1n) is 6.40. The summed E-state index contributed by atoms with van der Waals surface area (Å²) in [5, 5.41) is 23.8. The minimum atomic E-state index is -1.13. The number of hydrogen-bond donors (Lipinski definition) is 2. The number of carbonyl (C=O) groups excluding carboxylic acids is 1. The number of rotatable bonds is 5. The molecule has 0 spiro atoms. The first-order chi connectivity index (χ1) is 10.9. The fourth-order valence-corrected chi connectivity index (χ4v) is 2.52. The molecule has 0 aliphatic heterocycles. The Morgan fingerprint density at radius 2 is 2.00 bits per heavy atom. The molecule has 1 amide bonds. The number of nitro groups is 1. The van der Waals surface area contributed by atoms with Crippen LogP contribution in [-0.4, -0.2) is 27.5 Å². The van der Waals surface area contributed by atoms with Gasteiger partial charge in [-0.3, -0.25) is 19.9 Å². The molecule has 23 heavy (non-hydrogen) atoms. The zero-order chi connectivity index (χ0) is 17.0. The maximum atomic E-state index is 12.0. The van der Waals surface area contributed by atoms with E-state index in [0.29, 0.717) is 5.56 Å². The molecule has 2 N–H and O–H groups in total. The van der Waals surface area contributed by atoms with E-state index in [2.05, 4.69) is 10.3 Å². The van der Waals surface area contributed by atoms with Crippen molar-refractivity contribution in [3.05, 3.63) is 67.9 Å². The molecule has 2 rings (SSSR count). The van der Waals surface area contributed by atoms with Crippen LogP contribution in [0.3, 0.4) is 0 Å². The van der Waals surface area contributed by atoms with Crippen LogP contribution in [0.2, 0.25) is 10.0 Å². The van der Waals surface area contributed by atoms with Crippen LogP contribution in [0.15, 0.2) is 36.5 Å². The second-order valence-electron chi connectivity index (χ2n) is 4.52. The first kappa shape index (κ1) is 17.1. The number of aliphatic hydroxyl groups excluding tert-OH is 1. The summed E-state index contributed by atoms with van der Waals surface area (Å²) < 4.78 is 0. The molecule has 7 nitrogen and oxygen atoms in total. The Bertz CT molecular complexity index is 734. The zero-order valence-electron chi connectivity index (χ0n) is 11.6. The molecule has 1 aromatic heterocycles. The minimum Gasteiger partial charge on any atom is -0.386 e. The smallest absolute Gasteiger partial charge is 0.273 e. The van der Waals surface area contributed by atoms with Gasteiger partial charge in [-0.2, -0.15) is 0 Å². The summed E-state index contributed by atoms with van der Waals surface area (Å²) in [5.41, 5.74) is -0.0837. The standard InChI is InChI=1S/C14H11Cl2N3O4/c15-9-2-1-3-10(16)13(9)12(20)7-18-14(21)11-6-8(19(22)23)4-5-17-11/h1-6,12,20H,7H2,(H,18,21). The van der Waals surface area contributed by atoms with Crippen LogP contribution in [0, 0.1) is 10.1 Å². The second-order valence-corrected chi connectivity index (χ2v) is 5.33. The van der Waals surface area contributed by atoms with Gasteiger partial charge in [-0.25, -0.2) is 0 Å². The molecule has 1 unspecified atom stereocenters. The summed E-state index contributed by atoms with van der Waals surface area (Å²) in [4.78, 5) is 25.8. The van der Waals surface area contributed by atoms with Crippen molar-refractivity contribution >= 4 is 34.8 Å². The third-order valence-electron chi connectivity index (χ3n) is 2.98. The average Bonchev–Trinajstić information content (AvgIpc) is 2.52. The largest absolute Gasteiger partial charge is 0.386 e. The number of halogens is 2. The number of benzene rings is 1. The highest BCUT2D eigenvalue weighted by atomic mass is 35.5. The van der Waals surface area contributed by atoms with Crippen LogP contribution in [0.4, 0.5) is 5.69 Å². The second kappa shape index (κ2) is 7.36. The molecule has 0 radical (unpaired) electrons. The molecule has 9 heteroatoms. The number of carbonyl (C=O) groups is 1. The molecule has 120 valence electrons. The van der Waals surface area contributed by atoms with E-state index >= 15 is 0 Å². The molecule has 1 aromatic carbocycles. The van der Waals surface area contributed by atoms with Gasteiger partial charge in [0, 0.05) is 40.5 Å². The number of aromatic nitrogens is 1. The summed E-state index contributed by atoms with van der Waals surface area (Å²) >= 11 is 11.9. The van der Waals surface area contributed by atoms with Crippen molar-refractivity contribution in [2.24, 2.45) is 0 Å². The summed E-state index contributed by atoms with van der Waals surface area (Å²) in [5.74, 6) is -0.657. The maximum absolute atomic E-state index is 12.0. The lowest BCUT2D eigenvalue weighted by molar-refractivity contribution is -0.385.